The Hall–Kier alpha value is -2.83. The Bertz CT molecular complexity index is 823. The fourth-order valence-electron chi connectivity index (χ4n) is 2.66. The van der Waals surface area contributed by atoms with Crippen LogP contribution in [0.5, 0.6) is 0 Å². The smallest absolute Gasteiger partial charge is 0.230 e. The van der Waals surface area contributed by atoms with Gasteiger partial charge in [-0.1, -0.05) is 0 Å². The summed E-state index contributed by atoms with van der Waals surface area (Å²) in [7, 11) is 1.41. The molecule has 2 aromatic heterocycles. The lowest BCUT2D eigenvalue weighted by atomic mass is 9.96. The van der Waals surface area contributed by atoms with E-state index in [0.717, 1.165) is 0 Å². The molecule has 0 amide bonds. The molecule has 0 saturated heterocycles. The van der Waals surface area contributed by atoms with Gasteiger partial charge in [0, 0.05) is 18.8 Å². The van der Waals surface area contributed by atoms with E-state index in [-0.39, 0.29) is 5.78 Å². The molecule has 2 aliphatic heterocycles. The average Bonchev–Trinajstić information content (AvgIpc) is 3.28. The van der Waals surface area contributed by atoms with Gasteiger partial charge in [0.15, 0.2) is 0 Å². The minimum absolute atomic E-state index is 0.301. The number of furan rings is 2. The third kappa shape index (κ3) is 2.51. The van der Waals surface area contributed by atoms with Gasteiger partial charge >= 0.3 is 0 Å². The molecular formula is C18H14O6. The number of fused-ring (bicyclic) bond motifs is 1. The largest absolute Gasteiger partial charge is 0.465 e. The Morgan fingerprint density at radius 3 is 2.67 bits per heavy atom. The third-order valence-corrected chi connectivity index (χ3v) is 3.73. The van der Waals surface area contributed by atoms with Crippen molar-refractivity contribution in [3.8, 4) is 0 Å². The molecule has 0 aromatic carbocycles. The summed E-state index contributed by atoms with van der Waals surface area (Å²) < 4.78 is 27.2. The second kappa shape index (κ2) is 5.99. The van der Waals surface area contributed by atoms with E-state index in [2.05, 4.69) is 0 Å². The highest BCUT2D eigenvalue weighted by atomic mass is 16.8. The second-order valence-corrected chi connectivity index (χ2v) is 5.22. The number of hydrogen-bond acceptors (Lipinski definition) is 6. The SMILES string of the molecule is CO[C@@H]1O[C@H]2O/C(=C/c3ccco3)C=CC2=C(c2ccco2)C1=O. The monoisotopic (exact) mass is 326 g/mol. The Morgan fingerprint density at radius 2 is 1.96 bits per heavy atom. The van der Waals surface area contributed by atoms with Crippen LogP contribution < -0.4 is 0 Å². The normalized spacial score (nSPS) is 25.0. The van der Waals surface area contributed by atoms with E-state index in [1.807, 2.05) is 6.07 Å². The molecule has 4 rings (SSSR count). The topological polar surface area (TPSA) is 71.0 Å². The minimum atomic E-state index is -1.05. The molecule has 0 spiro atoms. The highest BCUT2D eigenvalue weighted by Crippen LogP contribution is 2.36. The van der Waals surface area contributed by atoms with Crippen LogP contribution in [0.25, 0.3) is 11.6 Å². The fourth-order valence-corrected chi connectivity index (χ4v) is 2.66. The third-order valence-electron chi connectivity index (χ3n) is 3.73. The van der Waals surface area contributed by atoms with Gasteiger partial charge in [0.05, 0.1) is 18.1 Å². The maximum atomic E-state index is 12.6. The molecule has 0 unspecified atom stereocenters. The van der Waals surface area contributed by atoms with Crippen LogP contribution in [-0.2, 0) is 19.0 Å². The van der Waals surface area contributed by atoms with Crippen LogP contribution in [0.2, 0.25) is 0 Å². The van der Waals surface area contributed by atoms with Crippen LogP contribution in [0.4, 0.5) is 0 Å². The van der Waals surface area contributed by atoms with Crippen LogP contribution in [-0.4, -0.2) is 25.5 Å². The van der Waals surface area contributed by atoms with Gasteiger partial charge in [-0.2, -0.15) is 0 Å². The van der Waals surface area contributed by atoms with Crippen molar-refractivity contribution in [2.24, 2.45) is 0 Å². The van der Waals surface area contributed by atoms with Crippen LogP contribution >= 0.6 is 0 Å². The molecule has 0 N–H and O–H groups in total. The Labute approximate surface area is 137 Å². The van der Waals surface area contributed by atoms with Crippen molar-refractivity contribution in [3.63, 3.8) is 0 Å². The van der Waals surface area contributed by atoms with Crippen LogP contribution in [0.3, 0.4) is 0 Å². The number of carbonyl (C=O) groups is 1. The van der Waals surface area contributed by atoms with Crippen molar-refractivity contribution in [2.75, 3.05) is 7.11 Å². The lowest BCUT2D eigenvalue weighted by Gasteiger charge is -2.33. The summed E-state index contributed by atoms with van der Waals surface area (Å²) in [6, 6.07) is 7.04. The summed E-state index contributed by atoms with van der Waals surface area (Å²) in [6.45, 7) is 0. The molecule has 0 bridgehead atoms. The number of ether oxygens (including phenoxy) is 3. The van der Waals surface area contributed by atoms with Gasteiger partial charge in [-0.25, -0.2) is 0 Å². The van der Waals surface area contributed by atoms with Crippen molar-refractivity contribution >= 4 is 17.4 Å². The molecule has 0 radical (unpaired) electrons. The molecule has 2 atom stereocenters. The molecule has 0 fully saturated rings. The number of carbonyl (C=O) groups excluding carboxylic acids is 1. The molecule has 0 aliphatic carbocycles. The van der Waals surface area contributed by atoms with Gasteiger partial charge in [-0.05, 0) is 36.4 Å². The van der Waals surface area contributed by atoms with E-state index in [0.29, 0.717) is 28.4 Å². The minimum Gasteiger partial charge on any atom is -0.465 e. The summed E-state index contributed by atoms with van der Waals surface area (Å²) in [6.07, 6.45) is 6.55. The maximum absolute atomic E-state index is 12.6. The molecule has 2 aromatic rings. The summed E-state index contributed by atoms with van der Waals surface area (Å²) in [5.74, 6) is 1.37. The van der Waals surface area contributed by atoms with E-state index >= 15 is 0 Å². The number of rotatable bonds is 3. The predicted octanol–water partition coefficient (Wildman–Crippen LogP) is 3.15. The van der Waals surface area contributed by atoms with Gasteiger partial charge in [0.2, 0.25) is 18.4 Å². The first-order valence-corrected chi connectivity index (χ1v) is 7.37. The molecule has 6 heteroatoms. The highest BCUT2D eigenvalue weighted by Gasteiger charge is 2.40. The average molecular weight is 326 g/mol. The molecule has 24 heavy (non-hydrogen) atoms. The zero-order valence-corrected chi connectivity index (χ0v) is 12.8. The molecule has 4 heterocycles. The highest BCUT2D eigenvalue weighted by molar-refractivity contribution is 6.23. The van der Waals surface area contributed by atoms with Gasteiger partial charge in [-0.15, -0.1) is 0 Å². The second-order valence-electron chi connectivity index (χ2n) is 5.22. The number of ketones is 1. The summed E-state index contributed by atoms with van der Waals surface area (Å²) >= 11 is 0. The zero-order valence-electron chi connectivity index (χ0n) is 12.8. The molecular weight excluding hydrogens is 312 g/mol. The Kier molecular flexibility index (Phi) is 3.68. The zero-order chi connectivity index (χ0) is 16.5. The van der Waals surface area contributed by atoms with Crippen LogP contribution in [0, 0.1) is 0 Å². The molecule has 0 saturated carbocycles. The number of allylic oxidation sites excluding steroid dienone is 1. The van der Waals surface area contributed by atoms with E-state index in [4.69, 9.17) is 23.0 Å². The van der Waals surface area contributed by atoms with Gasteiger partial charge in [0.25, 0.3) is 0 Å². The lowest BCUT2D eigenvalue weighted by Crippen LogP contribution is -2.40. The van der Waals surface area contributed by atoms with E-state index in [1.54, 1.807) is 42.7 Å². The molecule has 2 aliphatic rings. The van der Waals surface area contributed by atoms with Crippen LogP contribution in [0.1, 0.15) is 11.5 Å². The van der Waals surface area contributed by atoms with Crippen LogP contribution in [0.15, 0.2) is 69.1 Å². The molecule has 122 valence electrons. The standard InChI is InChI=1S/C18H14O6/c1-20-18-16(19)15(14-5-3-9-22-14)13-7-6-12(23-17(13)24-18)10-11-4-2-8-21-11/h2-10,17-18H,1H3/b12-10+/t17-,18-/m1/s1. The van der Waals surface area contributed by atoms with E-state index in [9.17, 15) is 4.79 Å². The van der Waals surface area contributed by atoms with Gasteiger partial charge < -0.3 is 23.0 Å². The van der Waals surface area contributed by atoms with Gasteiger partial charge in [0.1, 0.15) is 17.3 Å². The van der Waals surface area contributed by atoms with Crippen molar-refractivity contribution in [1.29, 1.82) is 0 Å². The van der Waals surface area contributed by atoms with Crippen molar-refractivity contribution in [1.82, 2.24) is 0 Å². The first-order chi connectivity index (χ1) is 11.8. The van der Waals surface area contributed by atoms with Gasteiger partial charge in [-0.3, -0.25) is 4.79 Å². The first kappa shape index (κ1) is 14.7. The summed E-state index contributed by atoms with van der Waals surface area (Å²) in [4.78, 5) is 12.6. The summed E-state index contributed by atoms with van der Waals surface area (Å²) in [5.41, 5.74) is 0.997. The molecule has 6 nitrogen and oxygen atoms in total. The predicted molar refractivity (Wildman–Crippen MR) is 83.2 cm³/mol. The number of methoxy groups -OCH3 is 1. The lowest BCUT2D eigenvalue weighted by molar-refractivity contribution is -0.209. The van der Waals surface area contributed by atoms with Crippen molar-refractivity contribution < 1.29 is 27.8 Å². The van der Waals surface area contributed by atoms with E-state index in [1.165, 1.54) is 13.4 Å². The van der Waals surface area contributed by atoms with Crippen molar-refractivity contribution in [3.05, 3.63) is 71.8 Å². The maximum Gasteiger partial charge on any atom is 0.230 e. The van der Waals surface area contributed by atoms with E-state index < -0.39 is 12.6 Å². The fraction of sp³-hybridized carbons (Fsp3) is 0.167. The quantitative estimate of drug-likeness (QED) is 0.863. The Balaban J connectivity index is 1.77. The number of hydrogen-bond donors (Lipinski definition) is 0. The first-order valence-electron chi connectivity index (χ1n) is 7.37. The van der Waals surface area contributed by atoms with Crippen molar-refractivity contribution in [2.45, 2.75) is 12.6 Å². The number of Topliss-reactive ketones (excluding diaryl/α,β-unsaturated/α-hetero) is 1. The summed E-state index contributed by atoms with van der Waals surface area (Å²) in [5, 5.41) is 0. The Morgan fingerprint density at radius 1 is 1.12 bits per heavy atom.